The van der Waals surface area contributed by atoms with E-state index >= 15 is 0 Å². The van der Waals surface area contributed by atoms with Crippen molar-refractivity contribution in [3.63, 3.8) is 0 Å². The van der Waals surface area contributed by atoms with Crippen molar-refractivity contribution in [3.05, 3.63) is 65.7 Å². The van der Waals surface area contributed by atoms with Crippen molar-refractivity contribution in [2.24, 2.45) is 0 Å². The van der Waals surface area contributed by atoms with E-state index in [1.807, 2.05) is 59.5 Å². The average molecular weight is 343 g/mol. The van der Waals surface area contributed by atoms with Crippen molar-refractivity contribution in [3.8, 4) is 5.75 Å². The van der Waals surface area contributed by atoms with Crippen molar-refractivity contribution < 1.29 is 20.1 Å². The maximum Gasteiger partial charge on any atom is 0.123 e. The quantitative estimate of drug-likeness (QED) is 0.735. The molecule has 1 aliphatic rings. The summed E-state index contributed by atoms with van der Waals surface area (Å²) in [4.78, 5) is 1.99. The van der Waals surface area contributed by atoms with E-state index in [4.69, 9.17) is 4.74 Å². The van der Waals surface area contributed by atoms with Gasteiger partial charge < -0.3 is 20.1 Å². The average Bonchev–Trinajstić information content (AvgIpc) is 2.87. The molecule has 2 aromatic carbocycles. The summed E-state index contributed by atoms with van der Waals surface area (Å²) in [6.45, 7) is 0.277. The van der Waals surface area contributed by atoms with Crippen LogP contribution in [0.3, 0.4) is 0 Å². The normalized spacial score (nSPS) is 26.7. The van der Waals surface area contributed by atoms with Crippen LogP contribution in [0.4, 0.5) is 0 Å². The van der Waals surface area contributed by atoms with Crippen molar-refractivity contribution in [2.75, 3.05) is 13.7 Å². The Labute approximate surface area is 148 Å². The third-order valence-corrected chi connectivity index (χ3v) is 5.01. The van der Waals surface area contributed by atoms with E-state index in [1.54, 1.807) is 7.11 Å². The fourth-order valence-electron chi connectivity index (χ4n) is 3.66. The highest BCUT2D eigenvalue weighted by atomic mass is 16.5. The largest absolute Gasteiger partial charge is 0.496 e. The lowest BCUT2D eigenvalue weighted by Crippen LogP contribution is -2.41. The fourth-order valence-corrected chi connectivity index (χ4v) is 3.66. The van der Waals surface area contributed by atoms with Crippen molar-refractivity contribution in [2.45, 2.75) is 37.3 Å². The number of hydrogen-bond acceptors (Lipinski definition) is 5. The molecule has 0 bridgehead atoms. The highest BCUT2D eigenvalue weighted by molar-refractivity contribution is 5.33. The molecule has 1 saturated heterocycles. The minimum atomic E-state index is -0.978. The molecule has 4 atom stereocenters. The first kappa shape index (κ1) is 17.9. The zero-order chi connectivity index (χ0) is 17.8. The molecule has 0 amide bonds. The van der Waals surface area contributed by atoms with Gasteiger partial charge in [0.05, 0.1) is 32.0 Å². The minimum Gasteiger partial charge on any atom is -0.496 e. The summed E-state index contributed by atoms with van der Waals surface area (Å²) in [5, 5.41) is 30.7. The van der Waals surface area contributed by atoms with Crippen molar-refractivity contribution >= 4 is 0 Å². The lowest BCUT2D eigenvalue weighted by Gasteiger charge is -2.30. The second-order valence-electron chi connectivity index (χ2n) is 6.47. The molecule has 1 aliphatic heterocycles. The second kappa shape index (κ2) is 7.97. The molecular weight excluding hydrogens is 318 g/mol. The summed E-state index contributed by atoms with van der Waals surface area (Å²) < 4.78 is 5.42. The Morgan fingerprint density at radius 2 is 1.56 bits per heavy atom. The van der Waals surface area contributed by atoms with Crippen molar-refractivity contribution in [1.82, 2.24) is 4.90 Å². The Hall–Kier alpha value is -1.92. The molecule has 0 radical (unpaired) electrons. The van der Waals surface area contributed by atoms with Gasteiger partial charge in [0.15, 0.2) is 0 Å². The summed E-state index contributed by atoms with van der Waals surface area (Å²) in [5.74, 6) is 0.758. The van der Waals surface area contributed by atoms with Gasteiger partial charge in [-0.25, -0.2) is 0 Å². The van der Waals surface area contributed by atoms with E-state index in [0.29, 0.717) is 13.0 Å². The van der Waals surface area contributed by atoms with Gasteiger partial charge in [0.25, 0.3) is 0 Å². The highest BCUT2D eigenvalue weighted by Crippen LogP contribution is 2.31. The standard InChI is InChI=1S/C20H25NO4/c1-25-18-10-6-5-9-15(18)12-21-16(11-14-7-3-2-4-8-14)19(23)20(24)17(21)13-22/h2-10,16-17,19-20,22-24H,11-13H2,1H3/t16-,17+,19-,20+/m0/s1. The Morgan fingerprint density at radius 3 is 2.24 bits per heavy atom. The van der Waals surface area contributed by atoms with Gasteiger partial charge in [0, 0.05) is 18.2 Å². The van der Waals surface area contributed by atoms with Crippen LogP contribution in [0.15, 0.2) is 54.6 Å². The zero-order valence-electron chi connectivity index (χ0n) is 14.3. The summed E-state index contributed by atoms with van der Waals surface area (Å²) in [6, 6.07) is 16.8. The molecule has 0 saturated carbocycles. The molecule has 2 aromatic rings. The van der Waals surface area contributed by atoms with Gasteiger partial charge in [-0.1, -0.05) is 48.5 Å². The van der Waals surface area contributed by atoms with Gasteiger partial charge in [-0.3, -0.25) is 4.90 Å². The monoisotopic (exact) mass is 343 g/mol. The Balaban J connectivity index is 1.88. The van der Waals surface area contributed by atoms with Crippen LogP contribution in [0.1, 0.15) is 11.1 Å². The van der Waals surface area contributed by atoms with Gasteiger partial charge in [-0.05, 0) is 18.1 Å². The van der Waals surface area contributed by atoms with Crippen LogP contribution >= 0.6 is 0 Å². The van der Waals surface area contributed by atoms with Crippen LogP contribution in [0.2, 0.25) is 0 Å². The third-order valence-electron chi connectivity index (χ3n) is 5.01. The first-order chi connectivity index (χ1) is 12.2. The molecule has 0 aliphatic carbocycles. The Bertz CT molecular complexity index is 678. The second-order valence-corrected chi connectivity index (χ2v) is 6.47. The molecule has 0 spiro atoms. The van der Waals surface area contributed by atoms with Gasteiger partial charge >= 0.3 is 0 Å². The van der Waals surface area contributed by atoms with Crippen LogP contribution in [0.25, 0.3) is 0 Å². The smallest absolute Gasteiger partial charge is 0.123 e. The van der Waals surface area contributed by atoms with E-state index in [0.717, 1.165) is 16.9 Å². The van der Waals surface area contributed by atoms with Gasteiger partial charge in [0.1, 0.15) is 5.75 Å². The fraction of sp³-hybridized carbons (Fsp3) is 0.400. The van der Waals surface area contributed by atoms with E-state index in [2.05, 4.69) is 0 Å². The SMILES string of the molecule is COc1ccccc1CN1[C@H](CO)[C@@H](O)[C@@H](O)[C@@H]1Cc1ccccc1. The zero-order valence-corrected chi connectivity index (χ0v) is 14.3. The molecule has 3 rings (SSSR count). The number of ether oxygens (including phenoxy) is 1. The maximum absolute atomic E-state index is 10.6. The summed E-state index contributed by atoms with van der Waals surface area (Å²) >= 11 is 0. The molecule has 0 aromatic heterocycles. The van der Waals surface area contributed by atoms with E-state index in [-0.39, 0.29) is 12.6 Å². The maximum atomic E-state index is 10.6. The lowest BCUT2D eigenvalue weighted by molar-refractivity contribution is 0.0178. The van der Waals surface area contributed by atoms with Gasteiger partial charge in [0.2, 0.25) is 0 Å². The minimum absolute atomic E-state index is 0.210. The molecule has 3 N–H and O–H groups in total. The Kier molecular flexibility index (Phi) is 5.71. The number of para-hydroxylation sites is 1. The number of benzene rings is 2. The van der Waals surface area contributed by atoms with Crippen LogP contribution in [0.5, 0.6) is 5.75 Å². The van der Waals surface area contributed by atoms with Crippen LogP contribution < -0.4 is 4.74 Å². The van der Waals surface area contributed by atoms with Gasteiger partial charge in [-0.15, -0.1) is 0 Å². The molecule has 0 unspecified atom stereocenters. The molecule has 134 valence electrons. The summed E-state index contributed by atoms with van der Waals surface area (Å²) in [6.07, 6.45) is -1.29. The number of rotatable bonds is 6. The van der Waals surface area contributed by atoms with Crippen molar-refractivity contribution in [1.29, 1.82) is 0 Å². The summed E-state index contributed by atoms with van der Waals surface area (Å²) in [7, 11) is 1.62. The molecule has 1 fully saturated rings. The van der Waals surface area contributed by atoms with Gasteiger partial charge in [-0.2, -0.15) is 0 Å². The van der Waals surface area contributed by atoms with Crippen LogP contribution in [-0.2, 0) is 13.0 Å². The number of methoxy groups -OCH3 is 1. The number of hydrogen-bond donors (Lipinski definition) is 3. The van der Waals surface area contributed by atoms with E-state index < -0.39 is 18.2 Å². The number of aliphatic hydroxyl groups excluding tert-OH is 3. The molecule has 5 heteroatoms. The Morgan fingerprint density at radius 1 is 0.920 bits per heavy atom. The molecule has 5 nitrogen and oxygen atoms in total. The third kappa shape index (κ3) is 3.70. The number of nitrogens with zero attached hydrogens (tertiary/aromatic N) is 1. The first-order valence-corrected chi connectivity index (χ1v) is 8.54. The van der Waals surface area contributed by atoms with Crippen LogP contribution in [0, 0.1) is 0 Å². The lowest BCUT2D eigenvalue weighted by atomic mass is 10.0. The highest BCUT2D eigenvalue weighted by Gasteiger charge is 2.47. The van der Waals surface area contributed by atoms with Crippen LogP contribution in [-0.4, -0.2) is 58.2 Å². The predicted octanol–water partition coefficient (Wildman–Crippen LogP) is 1.20. The van der Waals surface area contributed by atoms with E-state index in [9.17, 15) is 15.3 Å². The summed E-state index contributed by atoms with van der Waals surface area (Å²) in [5.41, 5.74) is 2.05. The topological polar surface area (TPSA) is 73.2 Å². The number of aliphatic hydroxyl groups is 3. The predicted molar refractivity (Wildman–Crippen MR) is 95.4 cm³/mol. The first-order valence-electron chi connectivity index (χ1n) is 8.54. The molecule has 1 heterocycles. The molecular formula is C20H25NO4. The van der Waals surface area contributed by atoms with E-state index in [1.165, 1.54) is 0 Å². The molecule has 25 heavy (non-hydrogen) atoms. The number of likely N-dealkylation sites (tertiary alicyclic amines) is 1.